The topological polar surface area (TPSA) is 121 Å². The Balaban J connectivity index is 1.49. The summed E-state index contributed by atoms with van der Waals surface area (Å²) < 4.78 is 12.5. The Morgan fingerprint density at radius 2 is 2.11 bits per heavy atom. The first kappa shape index (κ1) is 19.0. The zero-order valence-electron chi connectivity index (χ0n) is 14.9. The molecule has 2 heterocycles. The molecular weight excluding hydrogens is 370 g/mol. The number of fused-ring (bicyclic) bond motifs is 1. The Bertz CT molecular complexity index is 839. The van der Waals surface area contributed by atoms with Gasteiger partial charge in [-0.25, -0.2) is 0 Å². The molecule has 1 aliphatic heterocycles. The fraction of sp³-hybridized carbons (Fsp3) is 0.412. The molecule has 1 aliphatic rings. The minimum Gasteiger partial charge on any atom is -0.454 e. The summed E-state index contributed by atoms with van der Waals surface area (Å²) in [6.07, 6.45) is 0.659. The molecule has 0 saturated carbocycles. The molecule has 0 spiro atoms. The van der Waals surface area contributed by atoms with Crippen molar-refractivity contribution in [3.63, 3.8) is 0 Å². The van der Waals surface area contributed by atoms with Crippen molar-refractivity contribution >= 4 is 23.6 Å². The van der Waals surface area contributed by atoms with Crippen molar-refractivity contribution < 1.29 is 19.1 Å². The highest BCUT2D eigenvalue weighted by Gasteiger charge is 2.15. The first-order valence-electron chi connectivity index (χ1n) is 8.55. The van der Waals surface area contributed by atoms with E-state index in [4.69, 9.17) is 15.2 Å². The van der Waals surface area contributed by atoms with Crippen molar-refractivity contribution in [2.75, 3.05) is 12.5 Å². The summed E-state index contributed by atoms with van der Waals surface area (Å²) in [6, 6.07) is 5.57. The number of nitrogens with zero attached hydrogens (tertiary/aromatic N) is 3. The highest BCUT2D eigenvalue weighted by atomic mass is 32.2. The number of nitrogens with two attached hydrogens (primary N) is 1. The van der Waals surface area contributed by atoms with Crippen molar-refractivity contribution in [1.82, 2.24) is 20.1 Å². The Hall–Kier alpha value is -2.75. The molecule has 1 aromatic heterocycles. The van der Waals surface area contributed by atoms with Crippen LogP contribution in [0.4, 0.5) is 0 Å². The lowest BCUT2D eigenvalue weighted by molar-refractivity contribution is -0.119. The molecule has 144 valence electrons. The summed E-state index contributed by atoms with van der Waals surface area (Å²) in [7, 11) is 0. The van der Waals surface area contributed by atoms with Gasteiger partial charge in [0.05, 0.1) is 5.75 Å². The van der Waals surface area contributed by atoms with Gasteiger partial charge in [-0.1, -0.05) is 17.8 Å². The molecule has 0 unspecified atom stereocenters. The van der Waals surface area contributed by atoms with Crippen molar-refractivity contribution in [2.24, 2.45) is 5.73 Å². The van der Waals surface area contributed by atoms with Crippen molar-refractivity contribution in [2.45, 2.75) is 38.0 Å². The number of rotatable bonds is 9. The average Bonchev–Trinajstić information content (AvgIpc) is 3.28. The van der Waals surface area contributed by atoms with E-state index >= 15 is 0 Å². The largest absolute Gasteiger partial charge is 0.454 e. The number of carbonyl (C=O) groups is 2. The Morgan fingerprint density at radius 1 is 1.30 bits per heavy atom. The van der Waals surface area contributed by atoms with Crippen LogP contribution in [0, 0.1) is 0 Å². The molecule has 3 N–H and O–H groups in total. The second-order valence-corrected chi connectivity index (χ2v) is 6.80. The van der Waals surface area contributed by atoms with Gasteiger partial charge in [-0.15, -0.1) is 10.2 Å². The van der Waals surface area contributed by atoms with Crippen molar-refractivity contribution in [3.8, 4) is 11.5 Å². The molecule has 0 saturated heterocycles. The minimum atomic E-state index is -0.377. The second-order valence-electron chi connectivity index (χ2n) is 5.86. The molecule has 1 aromatic carbocycles. The monoisotopic (exact) mass is 391 g/mol. The van der Waals surface area contributed by atoms with Gasteiger partial charge in [0.2, 0.25) is 18.6 Å². The van der Waals surface area contributed by atoms with Gasteiger partial charge in [-0.05, 0) is 24.6 Å². The molecule has 0 radical (unpaired) electrons. The van der Waals surface area contributed by atoms with E-state index in [1.807, 2.05) is 29.7 Å². The molecular formula is C17H21N5O4S. The van der Waals surface area contributed by atoms with Crippen LogP contribution >= 0.6 is 11.8 Å². The second kappa shape index (κ2) is 8.76. The van der Waals surface area contributed by atoms with E-state index in [9.17, 15) is 9.59 Å². The van der Waals surface area contributed by atoms with Crippen LogP contribution in [0.1, 0.15) is 24.7 Å². The number of ether oxygens (including phenoxy) is 2. The number of primary amides is 1. The number of carbonyl (C=O) groups excluding carboxylic acids is 2. The summed E-state index contributed by atoms with van der Waals surface area (Å²) in [5, 5.41) is 11.7. The zero-order valence-corrected chi connectivity index (χ0v) is 15.8. The third kappa shape index (κ3) is 4.91. The van der Waals surface area contributed by atoms with E-state index in [0.29, 0.717) is 42.0 Å². The summed E-state index contributed by atoms with van der Waals surface area (Å²) in [4.78, 5) is 23.1. The molecule has 3 rings (SSSR count). The van der Waals surface area contributed by atoms with Crippen molar-refractivity contribution in [1.29, 1.82) is 0 Å². The smallest absolute Gasteiger partial charge is 0.231 e. The summed E-state index contributed by atoms with van der Waals surface area (Å²) >= 11 is 1.31. The Kier molecular flexibility index (Phi) is 6.17. The molecule has 10 heteroatoms. The summed E-state index contributed by atoms with van der Waals surface area (Å²) in [5.74, 6) is 1.83. The number of amides is 2. The van der Waals surface area contributed by atoms with Gasteiger partial charge in [0.15, 0.2) is 16.7 Å². The van der Waals surface area contributed by atoms with Crippen LogP contribution < -0.4 is 20.5 Å². The standard InChI is InChI=1S/C17H21N5O4S/c1-2-22-15(6-5-14(18)23)20-21-17(22)27-9-16(24)19-8-11-3-4-12-13(7-11)26-10-25-12/h3-4,7H,2,5-6,8-10H2,1H3,(H2,18,23)(H,19,24). The maximum Gasteiger partial charge on any atom is 0.231 e. The van der Waals surface area contributed by atoms with Gasteiger partial charge in [-0.3, -0.25) is 9.59 Å². The molecule has 0 atom stereocenters. The number of aromatic nitrogens is 3. The van der Waals surface area contributed by atoms with Crippen LogP contribution in [-0.4, -0.2) is 39.1 Å². The first-order chi connectivity index (χ1) is 13.1. The van der Waals surface area contributed by atoms with Crippen molar-refractivity contribution in [3.05, 3.63) is 29.6 Å². The van der Waals surface area contributed by atoms with Gasteiger partial charge >= 0.3 is 0 Å². The molecule has 27 heavy (non-hydrogen) atoms. The number of thioether (sulfide) groups is 1. The third-order valence-electron chi connectivity index (χ3n) is 3.96. The molecule has 0 aliphatic carbocycles. The fourth-order valence-electron chi connectivity index (χ4n) is 2.60. The first-order valence-corrected chi connectivity index (χ1v) is 9.53. The average molecular weight is 391 g/mol. The van der Waals surface area contributed by atoms with Crippen LogP contribution in [0.5, 0.6) is 11.5 Å². The number of hydrogen-bond donors (Lipinski definition) is 2. The maximum absolute atomic E-state index is 12.1. The molecule has 2 amide bonds. The Labute approximate surface area is 160 Å². The van der Waals surface area contributed by atoms with E-state index in [1.54, 1.807) is 0 Å². The van der Waals surface area contributed by atoms with Crippen LogP contribution in [0.3, 0.4) is 0 Å². The number of hydrogen-bond acceptors (Lipinski definition) is 7. The quantitative estimate of drug-likeness (QED) is 0.608. The van der Waals surface area contributed by atoms with E-state index in [1.165, 1.54) is 11.8 Å². The normalized spacial score (nSPS) is 12.2. The Morgan fingerprint density at radius 3 is 2.89 bits per heavy atom. The molecule has 0 bridgehead atoms. The fourth-order valence-corrected chi connectivity index (χ4v) is 3.45. The lowest BCUT2D eigenvalue weighted by Crippen LogP contribution is -2.24. The highest BCUT2D eigenvalue weighted by molar-refractivity contribution is 7.99. The van der Waals surface area contributed by atoms with Gasteiger partial charge < -0.3 is 25.1 Å². The SMILES string of the molecule is CCn1c(CCC(N)=O)nnc1SCC(=O)NCc1ccc2c(c1)OCO2. The van der Waals surface area contributed by atoms with Crippen LogP contribution in [-0.2, 0) is 29.1 Å². The van der Waals surface area contributed by atoms with E-state index < -0.39 is 0 Å². The van der Waals surface area contributed by atoms with Crippen LogP contribution in [0.15, 0.2) is 23.4 Å². The number of aryl methyl sites for hydroxylation is 1. The molecule has 9 nitrogen and oxygen atoms in total. The number of nitrogens with one attached hydrogen (secondary N) is 1. The predicted molar refractivity (Wildman–Crippen MR) is 98.3 cm³/mol. The number of benzene rings is 1. The van der Waals surface area contributed by atoms with Gasteiger partial charge in [0, 0.05) is 25.9 Å². The lowest BCUT2D eigenvalue weighted by atomic mass is 10.2. The van der Waals surface area contributed by atoms with Gasteiger partial charge in [-0.2, -0.15) is 0 Å². The highest BCUT2D eigenvalue weighted by Crippen LogP contribution is 2.32. The van der Waals surface area contributed by atoms with Gasteiger partial charge in [0.1, 0.15) is 5.82 Å². The van der Waals surface area contributed by atoms with Crippen LogP contribution in [0.25, 0.3) is 0 Å². The van der Waals surface area contributed by atoms with E-state index in [-0.39, 0.29) is 30.8 Å². The van der Waals surface area contributed by atoms with Gasteiger partial charge in [0.25, 0.3) is 0 Å². The lowest BCUT2D eigenvalue weighted by Gasteiger charge is -2.08. The zero-order chi connectivity index (χ0) is 19.2. The van der Waals surface area contributed by atoms with E-state index in [0.717, 1.165) is 5.56 Å². The minimum absolute atomic E-state index is 0.109. The predicted octanol–water partition coefficient (Wildman–Crippen LogP) is 0.853. The van der Waals surface area contributed by atoms with Crippen LogP contribution in [0.2, 0.25) is 0 Å². The third-order valence-corrected chi connectivity index (χ3v) is 4.93. The molecule has 0 fully saturated rings. The van der Waals surface area contributed by atoms with E-state index in [2.05, 4.69) is 15.5 Å². The summed E-state index contributed by atoms with van der Waals surface area (Å²) in [6.45, 7) is 3.24. The maximum atomic E-state index is 12.1. The molecule has 2 aromatic rings. The summed E-state index contributed by atoms with van der Waals surface area (Å²) in [5.41, 5.74) is 6.11.